The fourth-order valence-corrected chi connectivity index (χ4v) is 2.59. The Morgan fingerprint density at radius 2 is 1.79 bits per heavy atom. The average molecular weight is 382 g/mol. The molecule has 1 N–H and O–H groups in total. The van der Waals surface area contributed by atoms with Crippen LogP contribution in [0.2, 0.25) is 0 Å². The van der Waals surface area contributed by atoms with Crippen LogP contribution < -0.4 is 5.43 Å². The molecular weight excluding hydrogens is 366 g/mol. The van der Waals surface area contributed by atoms with Crippen LogP contribution in [0.15, 0.2) is 82.5 Å². The van der Waals surface area contributed by atoms with Gasteiger partial charge in [-0.05, 0) is 42.0 Å². The number of nitrogens with one attached hydrogen (secondary N) is 1. The summed E-state index contributed by atoms with van der Waals surface area (Å²) in [5.41, 5.74) is 5.44. The highest BCUT2D eigenvalue weighted by atomic mass is 79.9. The molecule has 0 spiro atoms. The van der Waals surface area contributed by atoms with E-state index in [1.54, 1.807) is 6.21 Å². The summed E-state index contributed by atoms with van der Waals surface area (Å²) in [6.45, 7) is 0. The van der Waals surface area contributed by atoms with Crippen LogP contribution in [0.4, 0.5) is 0 Å². The van der Waals surface area contributed by atoms with Crippen LogP contribution in [-0.4, -0.2) is 16.7 Å². The number of nitrogens with zero attached hydrogens (tertiary/aromatic N) is 2. The van der Waals surface area contributed by atoms with Gasteiger partial charge in [0.25, 0.3) is 0 Å². The number of rotatable bonds is 5. The maximum Gasteiger partial charge on any atom is 0.244 e. The third kappa shape index (κ3) is 4.20. The molecule has 1 amide bonds. The first-order chi connectivity index (χ1) is 11.7. The number of halogens is 1. The van der Waals surface area contributed by atoms with Crippen LogP contribution >= 0.6 is 15.9 Å². The third-order valence-corrected chi connectivity index (χ3v) is 4.01. The van der Waals surface area contributed by atoms with Crippen molar-refractivity contribution in [1.82, 2.24) is 9.99 Å². The number of hydrogen-bond acceptors (Lipinski definition) is 2. The first kappa shape index (κ1) is 16.2. The minimum absolute atomic E-state index is 0.140. The van der Waals surface area contributed by atoms with Crippen molar-refractivity contribution in [2.75, 3.05) is 0 Å². The molecule has 0 fully saturated rings. The van der Waals surface area contributed by atoms with Crippen LogP contribution in [0.5, 0.6) is 0 Å². The van der Waals surface area contributed by atoms with E-state index in [0.717, 1.165) is 21.4 Å². The number of carbonyl (C=O) groups is 1. The largest absolute Gasteiger partial charge is 0.316 e. The molecular formula is C19H16BrN3O. The normalized spacial score (nSPS) is 10.9. The van der Waals surface area contributed by atoms with Crippen LogP contribution in [0.1, 0.15) is 11.3 Å². The van der Waals surface area contributed by atoms with E-state index >= 15 is 0 Å². The first-order valence-electron chi connectivity index (χ1n) is 7.51. The number of amides is 1. The Hall–Kier alpha value is -2.66. The number of hydrogen-bond donors (Lipinski definition) is 1. The van der Waals surface area contributed by atoms with E-state index in [0.29, 0.717) is 6.42 Å². The van der Waals surface area contributed by atoms with Crippen molar-refractivity contribution in [1.29, 1.82) is 0 Å². The van der Waals surface area contributed by atoms with Gasteiger partial charge in [0.1, 0.15) is 0 Å². The highest BCUT2D eigenvalue weighted by Gasteiger charge is 2.03. The lowest BCUT2D eigenvalue weighted by Gasteiger charge is -2.06. The molecule has 0 atom stereocenters. The molecule has 2 aromatic carbocycles. The summed E-state index contributed by atoms with van der Waals surface area (Å²) in [5.74, 6) is -0.140. The topological polar surface area (TPSA) is 46.4 Å². The third-order valence-electron chi connectivity index (χ3n) is 3.48. The van der Waals surface area contributed by atoms with E-state index in [4.69, 9.17) is 0 Å². The molecule has 3 aromatic rings. The Morgan fingerprint density at radius 3 is 2.54 bits per heavy atom. The van der Waals surface area contributed by atoms with Crippen molar-refractivity contribution in [2.24, 2.45) is 5.10 Å². The molecule has 0 aliphatic carbocycles. The zero-order valence-corrected chi connectivity index (χ0v) is 14.5. The van der Waals surface area contributed by atoms with Gasteiger partial charge >= 0.3 is 0 Å². The lowest BCUT2D eigenvalue weighted by atomic mass is 10.1. The summed E-state index contributed by atoms with van der Waals surface area (Å²) < 4.78 is 3.03. The molecule has 5 heteroatoms. The molecule has 3 rings (SSSR count). The molecule has 0 radical (unpaired) electrons. The Bertz CT molecular complexity index is 839. The molecule has 0 saturated carbocycles. The summed E-state index contributed by atoms with van der Waals surface area (Å²) in [4.78, 5) is 11.9. The Kier molecular flexibility index (Phi) is 5.23. The summed E-state index contributed by atoms with van der Waals surface area (Å²) in [6, 6.07) is 21.5. The number of carbonyl (C=O) groups excluding carboxylic acids is 1. The number of hydrazone groups is 1. The zero-order valence-electron chi connectivity index (χ0n) is 12.9. The van der Waals surface area contributed by atoms with Crippen molar-refractivity contribution < 1.29 is 4.79 Å². The van der Waals surface area contributed by atoms with Crippen molar-refractivity contribution in [3.63, 3.8) is 0 Å². The van der Waals surface area contributed by atoms with Crippen molar-refractivity contribution in [3.05, 3.63) is 88.7 Å². The van der Waals surface area contributed by atoms with Crippen molar-refractivity contribution in [2.45, 2.75) is 6.42 Å². The summed E-state index contributed by atoms with van der Waals surface area (Å²) in [7, 11) is 0. The summed E-state index contributed by atoms with van der Waals surface area (Å²) in [5, 5.41) is 4.06. The molecule has 0 saturated heterocycles. The average Bonchev–Trinajstić information content (AvgIpc) is 3.05. The van der Waals surface area contributed by atoms with Crippen LogP contribution in [0, 0.1) is 0 Å². The maximum atomic E-state index is 11.9. The summed E-state index contributed by atoms with van der Waals surface area (Å²) in [6.07, 6.45) is 3.91. The van der Waals surface area contributed by atoms with Gasteiger partial charge in [-0.2, -0.15) is 5.10 Å². The van der Waals surface area contributed by atoms with E-state index in [-0.39, 0.29) is 5.91 Å². The van der Waals surface area contributed by atoms with Gasteiger partial charge in [-0.1, -0.05) is 46.3 Å². The lowest BCUT2D eigenvalue weighted by Crippen LogP contribution is -2.19. The van der Waals surface area contributed by atoms with Crippen molar-refractivity contribution in [3.8, 4) is 5.69 Å². The van der Waals surface area contributed by atoms with Gasteiger partial charge in [-0.15, -0.1) is 0 Å². The fraction of sp³-hybridized carbons (Fsp3) is 0.0526. The Balaban J connectivity index is 1.64. The standard InChI is InChI=1S/C19H16BrN3O/c20-16-8-10-17(11-9-16)23-12-4-7-18(23)14-21-22-19(24)13-15-5-2-1-3-6-15/h1-12,14H,13H2,(H,22,24)/b21-14-. The Morgan fingerprint density at radius 1 is 1.04 bits per heavy atom. The second-order valence-electron chi connectivity index (χ2n) is 5.24. The highest BCUT2D eigenvalue weighted by Crippen LogP contribution is 2.15. The molecule has 24 heavy (non-hydrogen) atoms. The molecule has 0 bridgehead atoms. The monoisotopic (exact) mass is 381 g/mol. The minimum Gasteiger partial charge on any atom is -0.316 e. The first-order valence-corrected chi connectivity index (χ1v) is 8.31. The summed E-state index contributed by atoms with van der Waals surface area (Å²) >= 11 is 3.43. The smallest absolute Gasteiger partial charge is 0.244 e. The van der Waals surface area contributed by atoms with E-state index in [1.165, 1.54) is 0 Å². The fourth-order valence-electron chi connectivity index (χ4n) is 2.33. The lowest BCUT2D eigenvalue weighted by molar-refractivity contribution is -0.120. The zero-order chi connectivity index (χ0) is 16.8. The van der Waals surface area contributed by atoms with Gasteiger partial charge in [0.05, 0.1) is 18.3 Å². The van der Waals surface area contributed by atoms with Gasteiger partial charge in [0.2, 0.25) is 5.91 Å². The van der Waals surface area contributed by atoms with E-state index in [2.05, 4.69) is 26.5 Å². The predicted octanol–water partition coefficient (Wildman–Crippen LogP) is 3.93. The van der Waals surface area contributed by atoms with E-state index in [1.807, 2.05) is 77.5 Å². The molecule has 1 heterocycles. The minimum atomic E-state index is -0.140. The molecule has 120 valence electrons. The highest BCUT2D eigenvalue weighted by molar-refractivity contribution is 9.10. The van der Waals surface area contributed by atoms with Gasteiger partial charge in [-0.3, -0.25) is 4.79 Å². The molecule has 4 nitrogen and oxygen atoms in total. The van der Waals surface area contributed by atoms with Crippen LogP contribution in [-0.2, 0) is 11.2 Å². The van der Waals surface area contributed by atoms with Crippen LogP contribution in [0.3, 0.4) is 0 Å². The molecule has 0 aliphatic rings. The van der Waals surface area contributed by atoms with Gasteiger partial charge in [-0.25, -0.2) is 5.43 Å². The van der Waals surface area contributed by atoms with Gasteiger partial charge < -0.3 is 4.57 Å². The second kappa shape index (κ2) is 7.75. The predicted molar refractivity (Wildman–Crippen MR) is 99.4 cm³/mol. The van der Waals surface area contributed by atoms with Crippen LogP contribution in [0.25, 0.3) is 5.69 Å². The van der Waals surface area contributed by atoms with Gasteiger partial charge in [0, 0.05) is 16.4 Å². The van der Waals surface area contributed by atoms with E-state index < -0.39 is 0 Å². The maximum absolute atomic E-state index is 11.9. The molecule has 0 unspecified atom stereocenters. The SMILES string of the molecule is O=C(Cc1ccccc1)N/N=C\c1cccn1-c1ccc(Br)cc1. The Labute approximate surface area is 149 Å². The number of aromatic nitrogens is 1. The van der Waals surface area contributed by atoms with E-state index in [9.17, 15) is 4.79 Å². The van der Waals surface area contributed by atoms with Gasteiger partial charge in [0.15, 0.2) is 0 Å². The second-order valence-corrected chi connectivity index (χ2v) is 6.15. The van der Waals surface area contributed by atoms with Crippen molar-refractivity contribution >= 4 is 28.1 Å². The quantitative estimate of drug-likeness (QED) is 0.528. The molecule has 1 aromatic heterocycles. The molecule has 0 aliphatic heterocycles. The number of benzene rings is 2.